The van der Waals surface area contributed by atoms with Crippen molar-refractivity contribution in [1.82, 2.24) is 9.21 Å². The molecule has 8 heteroatoms. The van der Waals surface area contributed by atoms with Gasteiger partial charge in [-0.05, 0) is 19.8 Å². The van der Waals surface area contributed by atoms with Crippen LogP contribution in [0.1, 0.15) is 19.8 Å². The van der Waals surface area contributed by atoms with Crippen LogP contribution in [-0.2, 0) is 19.6 Å². The van der Waals surface area contributed by atoms with Gasteiger partial charge in [-0.2, -0.15) is 4.31 Å². The van der Waals surface area contributed by atoms with E-state index in [-0.39, 0.29) is 12.3 Å². The summed E-state index contributed by atoms with van der Waals surface area (Å²) in [6, 6.07) is 0.352. The van der Waals surface area contributed by atoms with Crippen LogP contribution in [0, 0.1) is 5.92 Å². The van der Waals surface area contributed by atoms with E-state index in [1.54, 1.807) is 6.92 Å². The van der Waals surface area contributed by atoms with E-state index < -0.39 is 21.8 Å². The zero-order chi connectivity index (χ0) is 15.5. The van der Waals surface area contributed by atoms with E-state index in [9.17, 15) is 13.2 Å². The smallest absolute Gasteiger partial charge is 0.223 e. The Labute approximate surface area is 126 Å². The number of carbonyl (C=O) groups is 1. The zero-order valence-corrected chi connectivity index (χ0v) is 13.3. The standard InChI is InChI=1S/C13H25N3O4S/c1-2-21(18,19)16-6-5-15(9-11(10-16)13(14)17)12-3-7-20-8-4-12/h11-12H,2-10H2,1H3,(H2,14,17)/t11-/m0/s1. The number of nitrogens with two attached hydrogens (primary N) is 1. The lowest BCUT2D eigenvalue weighted by Crippen LogP contribution is -2.44. The molecule has 0 spiro atoms. The van der Waals surface area contributed by atoms with Gasteiger partial charge in [0, 0.05) is 45.4 Å². The van der Waals surface area contributed by atoms with Crippen molar-refractivity contribution >= 4 is 15.9 Å². The molecule has 0 unspecified atom stereocenters. The molecule has 2 fully saturated rings. The molecular weight excluding hydrogens is 294 g/mol. The molecule has 0 aliphatic carbocycles. The maximum absolute atomic E-state index is 12.1. The maximum atomic E-state index is 12.1. The van der Waals surface area contributed by atoms with Crippen molar-refractivity contribution in [2.45, 2.75) is 25.8 Å². The van der Waals surface area contributed by atoms with Crippen molar-refractivity contribution in [3.8, 4) is 0 Å². The van der Waals surface area contributed by atoms with Crippen LogP contribution in [0.25, 0.3) is 0 Å². The Kier molecular flexibility index (Phi) is 5.59. The second-order valence-corrected chi connectivity index (χ2v) is 7.95. The molecular formula is C13H25N3O4S. The highest BCUT2D eigenvalue weighted by Gasteiger charge is 2.34. The van der Waals surface area contributed by atoms with Crippen LogP contribution in [0.2, 0.25) is 0 Å². The van der Waals surface area contributed by atoms with E-state index in [0.717, 1.165) is 26.1 Å². The van der Waals surface area contributed by atoms with Crippen molar-refractivity contribution in [2.75, 3.05) is 45.1 Å². The van der Waals surface area contributed by atoms with E-state index in [0.29, 0.717) is 25.7 Å². The quantitative estimate of drug-likeness (QED) is 0.735. The first kappa shape index (κ1) is 16.7. The largest absolute Gasteiger partial charge is 0.381 e. The summed E-state index contributed by atoms with van der Waals surface area (Å²) in [7, 11) is -3.29. The van der Waals surface area contributed by atoms with Gasteiger partial charge in [0.2, 0.25) is 15.9 Å². The maximum Gasteiger partial charge on any atom is 0.223 e. The second-order valence-electron chi connectivity index (χ2n) is 5.70. The fraction of sp³-hybridized carbons (Fsp3) is 0.923. The third kappa shape index (κ3) is 4.15. The number of ether oxygens (including phenoxy) is 1. The third-order valence-corrected chi connectivity index (χ3v) is 6.23. The summed E-state index contributed by atoms with van der Waals surface area (Å²) in [4.78, 5) is 13.9. The molecule has 122 valence electrons. The first-order chi connectivity index (χ1) is 9.94. The number of hydrogen-bond acceptors (Lipinski definition) is 5. The van der Waals surface area contributed by atoms with Crippen molar-refractivity contribution < 1.29 is 17.9 Å². The minimum absolute atomic E-state index is 0.0513. The van der Waals surface area contributed by atoms with Crippen LogP contribution in [-0.4, -0.2) is 74.7 Å². The minimum atomic E-state index is -3.29. The number of carbonyl (C=O) groups excluding carboxylic acids is 1. The molecule has 0 radical (unpaired) electrons. The average molecular weight is 319 g/mol. The summed E-state index contributed by atoms with van der Waals surface area (Å²) in [5.41, 5.74) is 5.46. The van der Waals surface area contributed by atoms with E-state index in [4.69, 9.17) is 10.5 Å². The summed E-state index contributed by atoms with van der Waals surface area (Å²) in [5, 5.41) is 0. The highest BCUT2D eigenvalue weighted by atomic mass is 32.2. The van der Waals surface area contributed by atoms with Gasteiger partial charge in [0.1, 0.15) is 0 Å². The molecule has 0 aromatic carbocycles. The molecule has 2 rings (SSSR count). The summed E-state index contributed by atoms with van der Waals surface area (Å²) in [5.74, 6) is -0.822. The summed E-state index contributed by atoms with van der Waals surface area (Å²) in [6.07, 6.45) is 1.85. The van der Waals surface area contributed by atoms with E-state index in [2.05, 4.69) is 4.90 Å². The molecule has 0 aromatic heterocycles. The van der Waals surface area contributed by atoms with Gasteiger partial charge in [-0.15, -0.1) is 0 Å². The molecule has 2 aliphatic rings. The molecule has 2 N–H and O–H groups in total. The first-order valence-electron chi connectivity index (χ1n) is 7.53. The number of amides is 1. The van der Waals surface area contributed by atoms with Crippen LogP contribution >= 0.6 is 0 Å². The summed E-state index contributed by atoms with van der Waals surface area (Å²) in [6.45, 7) is 4.88. The lowest BCUT2D eigenvalue weighted by atomic mass is 10.0. The Morgan fingerprint density at radius 3 is 2.48 bits per heavy atom. The van der Waals surface area contributed by atoms with Gasteiger partial charge in [-0.1, -0.05) is 0 Å². The second kappa shape index (κ2) is 7.04. The number of rotatable bonds is 4. The molecule has 0 aromatic rings. The van der Waals surface area contributed by atoms with Gasteiger partial charge < -0.3 is 10.5 Å². The molecule has 1 atom stereocenters. The highest BCUT2D eigenvalue weighted by Crippen LogP contribution is 2.20. The number of nitrogens with zero attached hydrogens (tertiary/aromatic N) is 2. The first-order valence-corrected chi connectivity index (χ1v) is 9.14. The Bertz CT molecular complexity index is 462. The van der Waals surface area contributed by atoms with Gasteiger partial charge in [0.05, 0.1) is 11.7 Å². The number of primary amides is 1. The van der Waals surface area contributed by atoms with Gasteiger partial charge >= 0.3 is 0 Å². The molecule has 2 heterocycles. The van der Waals surface area contributed by atoms with Gasteiger partial charge in [-0.3, -0.25) is 9.69 Å². The van der Waals surface area contributed by atoms with Crippen LogP contribution in [0.5, 0.6) is 0 Å². The molecule has 2 saturated heterocycles. The fourth-order valence-corrected chi connectivity index (χ4v) is 4.14. The van der Waals surface area contributed by atoms with Crippen molar-refractivity contribution in [3.63, 3.8) is 0 Å². The normalized spacial score (nSPS) is 27.4. The molecule has 21 heavy (non-hydrogen) atoms. The predicted molar refractivity (Wildman–Crippen MR) is 79.1 cm³/mol. The monoisotopic (exact) mass is 319 g/mol. The van der Waals surface area contributed by atoms with E-state index in [1.165, 1.54) is 4.31 Å². The highest BCUT2D eigenvalue weighted by molar-refractivity contribution is 7.89. The average Bonchev–Trinajstić information content (AvgIpc) is 2.72. The van der Waals surface area contributed by atoms with Gasteiger partial charge in [0.15, 0.2) is 0 Å². The van der Waals surface area contributed by atoms with Crippen molar-refractivity contribution in [2.24, 2.45) is 11.7 Å². The Morgan fingerprint density at radius 1 is 1.24 bits per heavy atom. The molecule has 0 saturated carbocycles. The van der Waals surface area contributed by atoms with Crippen molar-refractivity contribution in [3.05, 3.63) is 0 Å². The topological polar surface area (TPSA) is 92.9 Å². The molecule has 0 bridgehead atoms. The number of sulfonamides is 1. The van der Waals surface area contributed by atoms with Crippen LogP contribution in [0.3, 0.4) is 0 Å². The van der Waals surface area contributed by atoms with Crippen LogP contribution in [0.15, 0.2) is 0 Å². The summed E-state index contributed by atoms with van der Waals surface area (Å²) < 4.78 is 31.0. The lowest BCUT2D eigenvalue weighted by molar-refractivity contribution is -0.122. The van der Waals surface area contributed by atoms with Gasteiger partial charge in [-0.25, -0.2) is 8.42 Å². The fourth-order valence-electron chi connectivity index (χ4n) is 3.01. The zero-order valence-electron chi connectivity index (χ0n) is 12.5. The molecule has 1 amide bonds. The third-order valence-electron chi connectivity index (χ3n) is 4.38. The van der Waals surface area contributed by atoms with E-state index in [1.807, 2.05) is 0 Å². The number of hydrogen-bond donors (Lipinski definition) is 1. The summed E-state index contributed by atoms with van der Waals surface area (Å²) >= 11 is 0. The Morgan fingerprint density at radius 2 is 1.90 bits per heavy atom. The van der Waals surface area contributed by atoms with E-state index >= 15 is 0 Å². The molecule has 2 aliphatic heterocycles. The molecule has 7 nitrogen and oxygen atoms in total. The van der Waals surface area contributed by atoms with Gasteiger partial charge in [0.25, 0.3) is 0 Å². The van der Waals surface area contributed by atoms with Crippen LogP contribution in [0.4, 0.5) is 0 Å². The lowest BCUT2D eigenvalue weighted by Gasteiger charge is -2.34. The Balaban J connectivity index is 2.12. The predicted octanol–water partition coefficient (Wildman–Crippen LogP) is -0.766. The van der Waals surface area contributed by atoms with Crippen LogP contribution < -0.4 is 5.73 Å². The Hall–Kier alpha value is -0.700. The SMILES string of the molecule is CCS(=O)(=O)N1CCN(C2CCOCC2)C[C@H](C(N)=O)C1. The van der Waals surface area contributed by atoms with Crippen molar-refractivity contribution in [1.29, 1.82) is 0 Å². The minimum Gasteiger partial charge on any atom is -0.381 e.